The van der Waals surface area contributed by atoms with Crippen molar-refractivity contribution in [2.75, 3.05) is 11.9 Å². The van der Waals surface area contributed by atoms with Crippen LogP contribution in [0, 0.1) is 0 Å². The van der Waals surface area contributed by atoms with E-state index in [-0.39, 0.29) is 17.9 Å². The third kappa shape index (κ3) is 8.02. The van der Waals surface area contributed by atoms with E-state index in [1.165, 1.54) is 12.1 Å². The first-order chi connectivity index (χ1) is 14.2. The van der Waals surface area contributed by atoms with Crippen molar-refractivity contribution >= 4 is 68.5 Å². The molecule has 0 spiro atoms. The molecule has 30 heavy (non-hydrogen) atoms. The van der Waals surface area contributed by atoms with Gasteiger partial charge in [-0.3, -0.25) is 30.0 Å². The molecule has 2 aromatic rings. The average molecular weight is 517 g/mol. The lowest BCUT2D eigenvalue weighted by Gasteiger charge is -2.09. The topological polar surface area (TPSA) is 114 Å². The zero-order valence-electron chi connectivity index (χ0n) is 15.3. The van der Waals surface area contributed by atoms with Crippen LogP contribution in [0.2, 0.25) is 10.0 Å². The second-order valence-electron chi connectivity index (χ2n) is 5.85. The minimum Gasteiger partial charge on any atom is -0.455 e. The first-order valence-electron chi connectivity index (χ1n) is 8.50. The average Bonchev–Trinajstić information content (AvgIpc) is 2.72. The monoisotopic (exact) mass is 515 g/mol. The van der Waals surface area contributed by atoms with E-state index in [9.17, 15) is 19.2 Å². The van der Waals surface area contributed by atoms with Crippen LogP contribution in [0.1, 0.15) is 23.2 Å². The number of hydrogen-bond donors (Lipinski definition) is 3. The van der Waals surface area contributed by atoms with Crippen molar-refractivity contribution in [2.24, 2.45) is 0 Å². The molecule has 0 unspecified atom stereocenters. The van der Waals surface area contributed by atoms with E-state index in [4.69, 9.17) is 27.9 Å². The largest absolute Gasteiger partial charge is 0.455 e. The van der Waals surface area contributed by atoms with Crippen molar-refractivity contribution in [3.8, 4) is 0 Å². The van der Waals surface area contributed by atoms with Crippen LogP contribution in [-0.2, 0) is 19.1 Å². The minimum atomic E-state index is -0.742. The number of hydrazine groups is 1. The Morgan fingerprint density at radius 2 is 1.57 bits per heavy atom. The van der Waals surface area contributed by atoms with Crippen LogP contribution in [0.4, 0.5) is 5.69 Å². The number of anilines is 1. The van der Waals surface area contributed by atoms with Crippen LogP contribution < -0.4 is 16.2 Å². The third-order valence-electron chi connectivity index (χ3n) is 3.55. The molecule has 0 heterocycles. The van der Waals surface area contributed by atoms with Crippen LogP contribution in [0.3, 0.4) is 0 Å². The van der Waals surface area contributed by atoms with Gasteiger partial charge in [0.1, 0.15) is 0 Å². The molecule has 0 aliphatic carbocycles. The number of ether oxygens (including phenoxy) is 1. The number of hydrogen-bond acceptors (Lipinski definition) is 5. The summed E-state index contributed by atoms with van der Waals surface area (Å²) in [4.78, 5) is 47.1. The molecule has 0 radical (unpaired) electrons. The van der Waals surface area contributed by atoms with Crippen molar-refractivity contribution in [3.05, 3.63) is 62.5 Å². The highest BCUT2D eigenvalue weighted by atomic mass is 79.9. The van der Waals surface area contributed by atoms with Gasteiger partial charge in [0.2, 0.25) is 5.91 Å². The van der Waals surface area contributed by atoms with Crippen LogP contribution in [0.5, 0.6) is 0 Å². The maximum atomic E-state index is 11.9. The first kappa shape index (κ1) is 23.7. The smallest absolute Gasteiger partial charge is 0.306 e. The van der Waals surface area contributed by atoms with Crippen LogP contribution in [-0.4, -0.2) is 30.3 Å². The van der Waals surface area contributed by atoms with Crippen molar-refractivity contribution in [1.82, 2.24) is 10.9 Å². The molecule has 0 saturated carbocycles. The molecule has 2 aromatic carbocycles. The third-order valence-corrected chi connectivity index (χ3v) is 4.81. The number of amides is 3. The number of carbonyl (C=O) groups is 4. The summed E-state index contributed by atoms with van der Waals surface area (Å²) in [6.45, 7) is -0.603. The lowest BCUT2D eigenvalue weighted by atomic mass is 10.2. The summed E-state index contributed by atoms with van der Waals surface area (Å²) in [5.74, 6) is -2.43. The molecule has 11 heteroatoms. The molecule has 2 rings (SSSR count). The van der Waals surface area contributed by atoms with E-state index in [1.807, 2.05) is 0 Å². The van der Waals surface area contributed by atoms with Crippen LogP contribution in [0.15, 0.2) is 46.9 Å². The van der Waals surface area contributed by atoms with E-state index in [2.05, 4.69) is 32.1 Å². The number of nitrogens with one attached hydrogen (secondary N) is 3. The quantitative estimate of drug-likeness (QED) is 0.385. The molecule has 0 aromatic heterocycles. The Labute approximate surface area is 190 Å². The van der Waals surface area contributed by atoms with E-state index in [1.54, 1.807) is 30.3 Å². The Kier molecular flexibility index (Phi) is 9.10. The van der Waals surface area contributed by atoms with Gasteiger partial charge in [0.05, 0.1) is 16.5 Å². The van der Waals surface area contributed by atoms with E-state index in [0.29, 0.717) is 16.3 Å². The van der Waals surface area contributed by atoms with Crippen molar-refractivity contribution in [1.29, 1.82) is 0 Å². The maximum Gasteiger partial charge on any atom is 0.306 e. The zero-order valence-corrected chi connectivity index (χ0v) is 18.4. The molecule has 0 saturated heterocycles. The number of rotatable bonds is 7. The van der Waals surface area contributed by atoms with Gasteiger partial charge in [-0.25, -0.2) is 0 Å². The summed E-state index contributed by atoms with van der Waals surface area (Å²) in [5, 5.41) is 3.20. The molecule has 3 amide bonds. The summed E-state index contributed by atoms with van der Waals surface area (Å²) in [6.07, 6.45) is -0.382. The standard InChI is InChI=1S/C19H16BrCl2N3O5/c20-12-3-1-11(2-4-12)19(29)25-24-17(27)10-30-18(28)8-7-16(26)23-13-5-6-14(21)15(22)9-13/h1-6,9H,7-8,10H2,(H,23,26)(H,24,27)(H,25,29). The van der Waals surface area contributed by atoms with E-state index >= 15 is 0 Å². The maximum absolute atomic E-state index is 11.9. The summed E-state index contributed by atoms with van der Waals surface area (Å²) in [6, 6.07) is 11.1. The van der Waals surface area contributed by atoms with Crippen LogP contribution >= 0.6 is 39.1 Å². The molecule has 3 N–H and O–H groups in total. The zero-order chi connectivity index (χ0) is 22.1. The predicted octanol–water partition coefficient (Wildman–Crippen LogP) is 3.48. The predicted molar refractivity (Wildman–Crippen MR) is 115 cm³/mol. The van der Waals surface area contributed by atoms with Gasteiger partial charge in [0, 0.05) is 22.1 Å². The van der Waals surface area contributed by atoms with Gasteiger partial charge in [-0.1, -0.05) is 39.1 Å². The highest BCUT2D eigenvalue weighted by molar-refractivity contribution is 9.10. The number of carbonyl (C=O) groups excluding carboxylic acids is 4. The normalized spacial score (nSPS) is 10.1. The fourth-order valence-electron chi connectivity index (χ4n) is 2.07. The van der Waals surface area contributed by atoms with Gasteiger partial charge >= 0.3 is 5.97 Å². The van der Waals surface area contributed by atoms with Crippen molar-refractivity contribution in [2.45, 2.75) is 12.8 Å². The van der Waals surface area contributed by atoms with E-state index < -0.39 is 30.3 Å². The van der Waals surface area contributed by atoms with Gasteiger partial charge in [0.15, 0.2) is 6.61 Å². The molecule has 0 bridgehead atoms. The molecule has 0 atom stereocenters. The summed E-state index contributed by atoms with van der Waals surface area (Å²) < 4.78 is 5.57. The molecule has 0 aliphatic heterocycles. The Balaban J connectivity index is 1.65. The Morgan fingerprint density at radius 3 is 2.23 bits per heavy atom. The Hall–Kier alpha value is -2.62. The number of benzene rings is 2. The molecular formula is C19H16BrCl2N3O5. The van der Waals surface area contributed by atoms with Crippen molar-refractivity contribution < 1.29 is 23.9 Å². The molecule has 0 aliphatic rings. The Morgan fingerprint density at radius 1 is 0.867 bits per heavy atom. The van der Waals surface area contributed by atoms with Gasteiger partial charge in [-0.05, 0) is 42.5 Å². The summed E-state index contributed by atoms with van der Waals surface area (Å²) in [7, 11) is 0. The second-order valence-corrected chi connectivity index (χ2v) is 7.58. The lowest BCUT2D eigenvalue weighted by molar-refractivity contribution is -0.149. The van der Waals surface area contributed by atoms with Crippen LogP contribution in [0.25, 0.3) is 0 Å². The number of halogens is 3. The lowest BCUT2D eigenvalue weighted by Crippen LogP contribution is -2.43. The van der Waals surface area contributed by atoms with Gasteiger partial charge in [0.25, 0.3) is 11.8 Å². The summed E-state index contributed by atoms with van der Waals surface area (Å²) in [5.41, 5.74) is 5.10. The Bertz CT molecular complexity index is 954. The molecular weight excluding hydrogens is 501 g/mol. The van der Waals surface area contributed by atoms with E-state index in [0.717, 1.165) is 4.47 Å². The minimum absolute atomic E-state index is 0.152. The SMILES string of the molecule is O=C(COC(=O)CCC(=O)Nc1ccc(Cl)c(Cl)c1)NNC(=O)c1ccc(Br)cc1. The van der Waals surface area contributed by atoms with Gasteiger partial charge in [-0.15, -0.1) is 0 Å². The van der Waals surface area contributed by atoms with Crippen molar-refractivity contribution in [3.63, 3.8) is 0 Å². The summed E-state index contributed by atoms with van der Waals surface area (Å²) >= 11 is 14.9. The highest BCUT2D eigenvalue weighted by Gasteiger charge is 2.12. The fourth-order valence-corrected chi connectivity index (χ4v) is 2.63. The second kappa shape index (κ2) is 11.5. The first-order valence-corrected chi connectivity index (χ1v) is 10.0. The number of esters is 1. The molecule has 158 valence electrons. The molecule has 8 nitrogen and oxygen atoms in total. The van der Waals surface area contributed by atoms with Gasteiger partial charge in [-0.2, -0.15) is 0 Å². The molecule has 0 fully saturated rings. The highest BCUT2D eigenvalue weighted by Crippen LogP contribution is 2.25. The fraction of sp³-hybridized carbons (Fsp3) is 0.158. The van der Waals surface area contributed by atoms with Gasteiger partial charge < -0.3 is 10.1 Å².